The van der Waals surface area contributed by atoms with Gasteiger partial charge in [-0.15, -0.1) is 0 Å². The molecule has 0 bridgehead atoms. The first-order valence-electron chi connectivity index (χ1n) is 8.27. The highest BCUT2D eigenvalue weighted by Gasteiger charge is 2.32. The van der Waals surface area contributed by atoms with Gasteiger partial charge < -0.3 is 9.84 Å². The Balaban J connectivity index is 2.02. The quantitative estimate of drug-likeness (QED) is 0.667. The molecule has 1 aromatic heterocycles. The maximum atomic E-state index is 13.0. The first-order valence-corrected chi connectivity index (χ1v) is 8.27. The zero-order valence-corrected chi connectivity index (χ0v) is 14.7. The van der Waals surface area contributed by atoms with Crippen LogP contribution in [0.2, 0.25) is 0 Å². The van der Waals surface area contributed by atoms with E-state index in [9.17, 15) is 22.8 Å². The number of aromatic nitrogens is 1. The lowest BCUT2D eigenvalue weighted by molar-refractivity contribution is -0.137. The topological polar surface area (TPSA) is 72.2 Å². The molecule has 0 saturated carbocycles. The van der Waals surface area contributed by atoms with Crippen LogP contribution >= 0.6 is 0 Å². The number of ketones is 1. The van der Waals surface area contributed by atoms with Crippen molar-refractivity contribution < 1.29 is 27.3 Å². The average Bonchev–Trinajstić information content (AvgIpc) is 3.11. The van der Waals surface area contributed by atoms with Crippen LogP contribution in [0.15, 0.2) is 59.1 Å². The van der Waals surface area contributed by atoms with Gasteiger partial charge in [-0.3, -0.25) is 9.59 Å². The summed E-state index contributed by atoms with van der Waals surface area (Å²) < 4.78 is 44.2. The molecule has 8 heteroatoms. The van der Waals surface area contributed by atoms with Crippen LogP contribution in [-0.2, 0) is 12.6 Å². The van der Waals surface area contributed by atoms with Crippen LogP contribution in [0.3, 0.4) is 0 Å². The molecule has 0 spiro atoms. The predicted molar refractivity (Wildman–Crippen MR) is 94.8 cm³/mol. The van der Waals surface area contributed by atoms with Gasteiger partial charge in [0.1, 0.15) is 11.3 Å². The van der Waals surface area contributed by atoms with Crippen LogP contribution in [-0.4, -0.2) is 23.9 Å². The van der Waals surface area contributed by atoms with E-state index in [0.717, 1.165) is 12.1 Å². The van der Waals surface area contributed by atoms with Crippen LogP contribution in [0.25, 0.3) is 11.3 Å². The number of alkyl halides is 3. The second-order valence-corrected chi connectivity index (χ2v) is 5.95. The Hall–Kier alpha value is -3.42. The molecule has 0 radical (unpaired) electrons. The number of hydrogen-bond acceptors (Lipinski definition) is 4. The van der Waals surface area contributed by atoms with Crippen molar-refractivity contribution in [2.75, 3.05) is 7.05 Å². The van der Waals surface area contributed by atoms with Crippen LogP contribution in [0.4, 0.5) is 13.2 Å². The Labute approximate surface area is 158 Å². The SMILES string of the molecule is CNC(=O)c1c(-c2cccc(C(F)(F)F)c2)noc1CC(=O)c1ccccc1. The van der Waals surface area contributed by atoms with Gasteiger partial charge in [-0.05, 0) is 12.1 Å². The molecular formula is C20H15F3N2O3. The molecule has 5 nitrogen and oxygen atoms in total. The fourth-order valence-corrected chi connectivity index (χ4v) is 2.72. The minimum Gasteiger partial charge on any atom is -0.359 e. The van der Waals surface area contributed by atoms with Crippen LogP contribution in [0.5, 0.6) is 0 Å². The Morgan fingerprint density at radius 3 is 2.43 bits per heavy atom. The van der Waals surface area contributed by atoms with E-state index in [1.54, 1.807) is 30.3 Å². The third-order valence-corrected chi connectivity index (χ3v) is 4.10. The molecule has 0 saturated heterocycles. The van der Waals surface area contributed by atoms with Crippen molar-refractivity contribution >= 4 is 11.7 Å². The Kier molecular flexibility index (Phi) is 5.30. The van der Waals surface area contributed by atoms with E-state index in [1.807, 2.05) is 0 Å². The van der Waals surface area contributed by atoms with Crippen molar-refractivity contribution in [3.8, 4) is 11.3 Å². The molecule has 0 aliphatic heterocycles. The highest BCUT2D eigenvalue weighted by molar-refractivity contribution is 6.03. The summed E-state index contributed by atoms with van der Waals surface area (Å²) in [4.78, 5) is 24.8. The molecule has 0 unspecified atom stereocenters. The van der Waals surface area contributed by atoms with Gasteiger partial charge in [0.05, 0.1) is 12.0 Å². The zero-order chi connectivity index (χ0) is 20.3. The molecule has 0 fully saturated rings. The standard InChI is InChI=1S/C20H15F3N2O3/c1-24-19(27)17-16(11-15(26)12-6-3-2-4-7-12)28-25-18(17)13-8-5-9-14(10-13)20(21,22)23/h2-10H,11H2,1H3,(H,24,27). The number of carbonyl (C=O) groups excluding carboxylic acids is 2. The largest absolute Gasteiger partial charge is 0.416 e. The van der Waals surface area contributed by atoms with Gasteiger partial charge in [0.2, 0.25) is 0 Å². The lowest BCUT2D eigenvalue weighted by atomic mass is 9.99. The van der Waals surface area contributed by atoms with Crippen LogP contribution < -0.4 is 5.32 Å². The maximum Gasteiger partial charge on any atom is 0.416 e. The van der Waals surface area contributed by atoms with E-state index in [2.05, 4.69) is 10.5 Å². The highest BCUT2D eigenvalue weighted by atomic mass is 19.4. The van der Waals surface area contributed by atoms with Crippen molar-refractivity contribution in [1.29, 1.82) is 0 Å². The van der Waals surface area contributed by atoms with Crippen molar-refractivity contribution in [3.05, 3.63) is 77.0 Å². The minimum absolute atomic E-state index is 0.0133. The van der Waals surface area contributed by atoms with E-state index in [1.165, 1.54) is 19.2 Å². The fourth-order valence-electron chi connectivity index (χ4n) is 2.72. The van der Waals surface area contributed by atoms with E-state index in [4.69, 9.17) is 4.52 Å². The molecule has 1 heterocycles. The summed E-state index contributed by atoms with van der Waals surface area (Å²) in [5.74, 6) is -0.928. The van der Waals surface area contributed by atoms with Gasteiger partial charge in [-0.2, -0.15) is 13.2 Å². The van der Waals surface area contributed by atoms with Crippen molar-refractivity contribution in [2.24, 2.45) is 0 Å². The maximum absolute atomic E-state index is 13.0. The van der Waals surface area contributed by atoms with E-state index in [-0.39, 0.29) is 34.8 Å². The second kappa shape index (κ2) is 7.67. The Morgan fingerprint density at radius 2 is 1.79 bits per heavy atom. The number of Topliss-reactive ketones (excluding diaryl/α,β-unsaturated/α-hetero) is 1. The molecule has 3 rings (SSSR count). The van der Waals surface area contributed by atoms with Crippen molar-refractivity contribution in [3.63, 3.8) is 0 Å². The number of nitrogens with zero attached hydrogens (tertiary/aromatic N) is 1. The second-order valence-electron chi connectivity index (χ2n) is 5.95. The molecule has 0 aliphatic rings. The predicted octanol–water partition coefficient (Wildman–Crippen LogP) is 4.15. The Bertz CT molecular complexity index is 1010. The molecule has 144 valence electrons. The summed E-state index contributed by atoms with van der Waals surface area (Å²) in [6.07, 6.45) is -4.79. The zero-order valence-electron chi connectivity index (χ0n) is 14.7. The van der Waals surface area contributed by atoms with Crippen LogP contribution in [0.1, 0.15) is 32.0 Å². The highest BCUT2D eigenvalue weighted by Crippen LogP contribution is 2.33. The lowest BCUT2D eigenvalue weighted by Gasteiger charge is -2.08. The normalized spacial score (nSPS) is 11.3. The summed E-state index contributed by atoms with van der Waals surface area (Å²) in [7, 11) is 1.37. The number of hydrogen-bond donors (Lipinski definition) is 1. The first kappa shape index (κ1) is 19.3. The smallest absolute Gasteiger partial charge is 0.359 e. The number of halogens is 3. The summed E-state index contributed by atoms with van der Waals surface area (Å²) in [6, 6.07) is 12.8. The average molecular weight is 388 g/mol. The number of rotatable bonds is 5. The summed E-state index contributed by atoms with van der Waals surface area (Å²) in [5, 5.41) is 6.17. The third kappa shape index (κ3) is 3.95. The van der Waals surface area contributed by atoms with E-state index < -0.39 is 17.6 Å². The minimum atomic E-state index is -4.54. The summed E-state index contributed by atoms with van der Waals surface area (Å²) in [6.45, 7) is 0. The van der Waals surface area contributed by atoms with Crippen LogP contribution in [0, 0.1) is 0 Å². The number of nitrogens with one attached hydrogen (secondary N) is 1. The molecule has 1 N–H and O–H groups in total. The van der Waals surface area contributed by atoms with Gasteiger partial charge in [0, 0.05) is 18.2 Å². The van der Waals surface area contributed by atoms with Gasteiger partial charge in [-0.1, -0.05) is 47.6 Å². The van der Waals surface area contributed by atoms with Crippen molar-refractivity contribution in [1.82, 2.24) is 10.5 Å². The molecule has 0 aliphatic carbocycles. The van der Waals surface area contributed by atoms with Gasteiger partial charge in [-0.25, -0.2) is 0 Å². The Morgan fingerprint density at radius 1 is 1.07 bits per heavy atom. The molecule has 0 atom stereocenters. The van der Waals surface area contributed by atoms with Crippen molar-refractivity contribution in [2.45, 2.75) is 12.6 Å². The summed E-state index contributed by atoms with van der Waals surface area (Å²) >= 11 is 0. The molecule has 28 heavy (non-hydrogen) atoms. The van der Waals surface area contributed by atoms with Gasteiger partial charge >= 0.3 is 6.18 Å². The monoisotopic (exact) mass is 388 g/mol. The number of benzene rings is 2. The first-order chi connectivity index (χ1) is 13.3. The fraction of sp³-hybridized carbons (Fsp3) is 0.150. The van der Waals surface area contributed by atoms with Gasteiger partial charge in [0.25, 0.3) is 5.91 Å². The van der Waals surface area contributed by atoms with E-state index in [0.29, 0.717) is 5.56 Å². The summed E-state index contributed by atoms with van der Waals surface area (Å²) in [5.41, 5.74) is -0.511. The van der Waals surface area contributed by atoms with Gasteiger partial charge in [0.15, 0.2) is 11.5 Å². The molecule has 3 aromatic rings. The molecule has 1 amide bonds. The van der Waals surface area contributed by atoms with E-state index >= 15 is 0 Å². The third-order valence-electron chi connectivity index (χ3n) is 4.10. The number of carbonyl (C=O) groups is 2. The molecular weight excluding hydrogens is 373 g/mol. The number of amides is 1. The molecule has 2 aromatic carbocycles. The lowest BCUT2D eigenvalue weighted by Crippen LogP contribution is -2.20.